The highest BCUT2D eigenvalue weighted by atomic mass is 16.5. The lowest BCUT2D eigenvalue weighted by molar-refractivity contribution is 0.230. The van der Waals surface area contributed by atoms with Crippen molar-refractivity contribution < 1.29 is 14.2 Å². The van der Waals surface area contributed by atoms with Crippen LogP contribution in [0.15, 0.2) is 55.3 Å². The number of aryl methyl sites for hydroxylation is 1. The Bertz CT molecular complexity index is 870. The van der Waals surface area contributed by atoms with E-state index in [1.54, 1.807) is 14.2 Å². The van der Waals surface area contributed by atoms with Gasteiger partial charge in [-0.3, -0.25) is 0 Å². The quantitative estimate of drug-likeness (QED) is 0.683. The predicted molar refractivity (Wildman–Crippen MR) is 111 cm³/mol. The SMILES string of the molecule is C=C1CCc2cc(OC)c(OC(C)C)cc2N1C(=C)c1ccccc1OC. The fraction of sp³-hybridized carbons (Fsp3) is 0.304. The number of anilines is 1. The molecule has 1 aliphatic rings. The number of allylic oxidation sites excluding steroid dienone is 1. The number of nitrogens with zero attached hydrogens (tertiary/aromatic N) is 1. The number of fused-ring (bicyclic) bond motifs is 1. The van der Waals surface area contributed by atoms with Crippen molar-refractivity contribution in [3.8, 4) is 17.2 Å². The number of methoxy groups -OCH3 is 2. The molecule has 1 aliphatic heterocycles. The third kappa shape index (κ3) is 3.65. The van der Waals surface area contributed by atoms with E-state index in [-0.39, 0.29) is 6.10 Å². The first kappa shape index (κ1) is 18.9. The molecule has 0 amide bonds. The Kier molecular flexibility index (Phi) is 5.45. The van der Waals surface area contributed by atoms with Crippen molar-refractivity contribution in [3.63, 3.8) is 0 Å². The van der Waals surface area contributed by atoms with E-state index >= 15 is 0 Å². The second kappa shape index (κ2) is 7.78. The van der Waals surface area contributed by atoms with Gasteiger partial charge in [0.15, 0.2) is 11.5 Å². The second-order valence-corrected chi connectivity index (χ2v) is 6.85. The molecule has 2 aromatic rings. The first-order valence-corrected chi connectivity index (χ1v) is 9.14. The largest absolute Gasteiger partial charge is 0.496 e. The minimum atomic E-state index is 0.0506. The topological polar surface area (TPSA) is 30.9 Å². The van der Waals surface area contributed by atoms with E-state index in [1.807, 2.05) is 44.2 Å². The molecule has 4 nitrogen and oxygen atoms in total. The van der Waals surface area contributed by atoms with Gasteiger partial charge in [0.2, 0.25) is 0 Å². The summed E-state index contributed by atoms with van der Waals surface area (Å²) in [6, 6.07) is 12.0. The number of hydrogen-bond acceptors (Lipinski definition) is 4. The molecule has 4 heteroatoms. The van der Waals surface area contributed by atoms with Gasteiger partial charge in [-0.25, -0.2) is 0 Å². The van der Waals surface area contributed by atoms with Crippen LogP contribution in [0.1, 0.15) is 31.4 Å². The van der Waals surface area contributed by atoms with E-state index in [4.69, 9.17) is 14.2 Å². The fourth-order valence-electron chi connectivity index (χ4n) is 3.41. The molecule has 0 fully saturated rings. The van der Waals surface area contributed by atoms with Gasteiger partial charge in [0, 0.05) is 23.0 Å². The van der Waals surface area contributed by atoms with E-state index in [9.17, 15) is 0 Å². The minimum Gasteiger partial charge on any atom is -0.496 e. The van der Waals surface area contributed by atoms with Crippen LogP contribution in [0.5, 0.6) is 17.2 Å². The Labute approximate surface area is 161 Å². The summed E-state index contributed by atoms with van der Waals surface area (Å²) < 4.78 is 17.1. The number of hydrogen-bond donors (Lipinski definition) is 0. The summed E-state index contributed by atoms with van der Waals surface area (Å²) in [4.78, 5) is 2.10. The summed E-state index contributed by atoms with van der Waals surface area (Å²) in [5.41, 5.74) is 4.99. The molecule has 0 unspecified atom stereocenters. The van der Waals surface area contributed by atoms with Gasteiger partial charge in [0.1, 0.15) is 5.75 Å². The van der Waals surface area contributed by atoms with E-state index in [0.717, 1.165) is 52.7 Å². The van der Waals surface area contributed by atoms with Crippen molar-refractivity contribution in [2.45, 2.75) is 32.8 Å². The van der Waals surface area contributed by atoms with E-state index in [0.29, 0.717) is 0 Å². The van der Waals surface area contributed by atoms with Crippen LogP contribution in [-0.2, 0) is 6.42 Å². The summed E-state index contributed by atoms with van der Waals surface area (Å²) in [6.07, 6.45) is 1.81. The van der Waals surface area contributed by atoms with Crippen LogP contribution in [-0.4, -0.2) is 20.3 Å². The third-order valence-electron chi connectivity index (χ3n) is 4.66. The minimum absolute atomic E-state index is 0.0506. The number of rotatable bonds is 6. The maximum Gasteiger partial charge on any atom is 0.163 e. The van der Waals surface area contributed by atoms with Gasteiger partial charge in [0.25, 0.3) is 0 Å². The first-order chi connectivity index (χ1) is 13.0. The zero-order chi connectivity index (χ0) is 19.6. The molecule has 142 valence electrons. The Hall–Kier alpha value is -2.88. The third-order valence-corrected chi connectivity index (χ3v) is 4.66. The molecule has 0 spiro atoms. The molecule has 0 bridgehead atoms. The molecular weight excluding hydrogens is 338 g/mol. The first-order valence-electron chi connectivity index (χ1n) is 9.14. The van der Waals surface area contributed by atoms with Crippen LogP contribution in [0.3, 0.4) is 0 Å². The molecule has 27 heavy (non-hydrogen) atoms. The Balaban J connectivity index is 2.10. The molecule has 3 rings (SSSR count). The van der Waals surface area contributed by atoms with Gasteiger partial charge >= 0.3 is 0 Å². The van der Waals surface area contributed by atoms with Crippen molar-refractivity contribution in [2.24, 2.45) is 0 Å². The van der Waals surface area contributed by atoms with Crippen molar-refractivity contribution in [1.82, 2.24) is 0 Å². The molecule has 2 aromatic carbocycles. The van der Waals surface area contributed by atoms with Crippen molar-refractivity contribution in [3.05, 3.63) is 66.4 Å². The maximum atomic E-state index is 5.98. The van der Waals surface area contributed by atoms with Crippen molar-refractivity contribution in [1.29, 1.82) is 0 Å². The lowest BCUT2D eigenvalue weighted by Crippen LogP contribution is -2.25. The van der Waals surface area contributed by atoms with Crippen LogP contribution >= 0.6 is 0 Å². The highest BCUT2D eigenvalue weighted by Gasteiger charge is 2.26. The molecule has 0 N–H and O–H groups in total. The number of ether oxygens (including phenoxy) is 3. The van der Waals surface area contributed by atoms with Crippen LogP contribution in [0.4, 0.5) is 5.69 Å². The zero-order valence-electron chi connectivity index (χ0n) is 16.5. The van der Waals surface area contributed by atoms with Gasteiger partial charge < -0.3 is 19.1 Å². The smallest absolute Gasteiger partial charge is 0.163 e. The highest BCUT2D eigenvalue weighted by molar-refractivity contribution is 5.86. The van der Waals surface area contributed by atoms with Gasteiger partial charge in [-0.1, -0.05) is 25.3 Å². The van der Waals surface area contributed by atoms with Gasteiger partial charge in [-0.05, 0) is 50.5 Å². The average Bonchev–Trinajstić information content (AvgIpc) is 2.66. The van der Waals surface area contributed by atoms with Gasteiger partial charge in [0.05, 0.1) is 26.0 Å². The molecular formula is C23H27NO3. The monoisotopic (exact) mass is 365 g/mol. The number of para-hydroxylation sites is 1. The molecule has 1 heterocycles. The normalized spacial score (nSPS) is 13.4. The van der Waals surface area contributed by atoms with Crippen molar-refractivity contribution >= 4 is 11.4 Å². The zero-order valence-corrected chi connectivity index (χ0v) is 16.5. The second-order valence-electron chi connectivity index (χ2n) is 6.85. The number of benzene rings is 2. The molecule has 0 saturated heterocycles. The summed E-state index contributed by atoms with van der Waals surface area (Å²) >= 11 is 0. The van der Waals surface area contributed by atoms with Crippen LogP contribution in [0, 0.1) is 0 Å². The van der Waals surface area contributed by atoms with E-state index in [1.165, 1.54) is 5.56 Å². The predicted octanol–water partition coefficient (Wildman–Crippen LogP) is 5.43. The summed E-state index contributed by atoms with van der Waals surface area (Å²) in [5, 5.41) is 0. The molecule has 0 aliphatic carbocycles. The standard InChI is InChI=1S/C23H27NO3/c1-15(2)27-23-14-20-18(13-22(23)26-6)12-11-16(3)24(20)17(4)19-9-7-8-10-21(19)25-5/h7-10,13-15H,3-4,11-12H2,1-2,5-6H3. The van der Waals surface area contributed by atoms with E-state index in [2.05, 4.69) is 24.1 Å². The summed E-state index contributed by atoms with van der Waals surface area (Å²) in [6.45, 7) is 12.6. The van der Waals surface area contributed by atoms with Gasteiger partial charge in [-0.15, -0.1) is 0 Å². The van der Waals surface area contributed by atoms with E-state index < -0.39 is 0 Å². The average molecular weight is 365 g/mol. The Morgan fingerprint density at radius 3 is 2.37 bits per heavy atom. The molecule has 0 atom stereocenters. The highest BCUT2D eigenvalue weighted by Crippen LogP contribution is 2.44. The van der Waals surface area contributed by atoms with Gasteiger partial charge in [-0.2, -0.15) is 0 Å². The Morgan fingerprint density at radius 1 is 1.00 bits per heavy atom. The summed E-state index contributed by atoms with van der Waals surface area (Å²) in [7, 11) is 3.34. The molecule has 0 radical (unpaired) electrons. The lowest BCUT2D eigenvalue weighted by Gasteiger charge is -2.35. The van der Waals surface area contributed by atoms with Crippen LogP contribution in [0.2, 0.25) is 0 Å². The lowest BCUT2D eigenvalue weighted by atomic mass is 9.97. The summed E-state index contributed by atoms with van der Waals surface area (Å²) in [5.74, 6) is 2.26. The van der Waals surface area contributed by atoms with Crippen LogP contribution < -0.4 is 19.1 Å². The molecule has 0 saturated carbocycles. The van der Waals surface area contributed by atoms with Crippen LogP contribution in [0.25, 0.3) is 5.70 Å². The fourth-order valence-corrected chi connectivity index (χ4v) is 3.41. The molecule has 0 aromatic heterocycles. The maximum absolute atomic E-state index is 5.98. The Morgan fingerprint density at radius 2 is 1.70 bits per heavy atom. The van der Waals surface area contributed by atoms with Crippen molar-refractivity contribution in [2.75, 3.05) is 19.1 Å².